The third-order valence-electron chi connectivity index (χ3n) is 5.30. The number of hydrogen-bond donors (Lipinski definition) is 2. The van der Waals surface area contributed by atoms with Crippen molar-refractivity contribution in [1.29, 1.82) is 0 Å². The number of carboxylic acid groups (broad SMARTS) is 2. The largest absolute Gasteiger partial charge is 0.464 e. The van der Waals surface area contributed by atoms with Gasteiger partial charge in [-0.2, -0.15) is 4.90 Å². The van der Waals surface area contributed by atoms with Crippen LogP contribution in [-0.2, 0) is 10.3 Å². The van der Waals surface area contributed by atoms with Gasteiger partial charge in [0.25, 0.3) is 0 Å². The molecule has 0 radical (unpaired) electrons. The summed E-state index contributed by atoms with van der Waals surface area (Å²) >= 11 is 4.44. The first-order valence-corrected chi connectivity index (χ1v) is 10.7. The zero-order chi connectivity index (χ0) is 21.7. The second-order valence-electron chi connectivity index (χ2n) is 8.29. The second kappa shape index (κ2) is 7.55. The summed E-state index contributed by atoms with van der Waals surface area (Å²) in [5.41, 5.74) is -1.35. The molecule has 29 heavy (non-hydrogen) atoms. The first-order chi connectivity index (χ1) is 13.4. The number of halogens is 2. The molecule has 2 heterocycles. The minimum Gasteiger partial charge on any atom is -0.464 e. The summed E-state index contributed by atoms with van der Waals surface area (Å²) < 4.78 is 21.5. The van der Waals surface area contributed by atoms with Crippen LogP contribution < -0.4 is 0 Å². The molecule has 0 aliphatic carbocycles. The molecule has 1 fully saturated rings. The maximum absolute atomic E-state index is 15.0. The molecule has 2 N–H and O–H groups in total. The number of nitrogens with zero attached hydrogens (tertiary/aromatic N) is 2. The average molecular weight is 489 g/mol. The summed E-state index contributed by atoms with van der Waals surface area (Å²) in [4.78, 5) is 28.1. The van der Waals surface area contributed by atoms with Crippen molar-refractivity contribution in [2.45, 2.75) is 44.6 Å². The zero-order valence-corrected chi connectivity index (χ0v) is 18.8. The highest BCUT2D eigenvalue weighted by atomic mass is 79.9. The summed E-state index contributed by atoms with van der Waals surface area (Å²) in [6, 6.07) is 4.48. The third-order valence-corrected chi connectivity index (χ3v) is 7.53. The highest BCUT2D eigenvalue weighted by Crippen LogP contribution is 2.56. The van der Waals surface area contributed by atoms with Crippen molar-refractivity contribution in [2.75, 3.05) is 6.61 Å². The van der Waals surface area contributed by atoms with Crippen LogP contribution in [0.3, 0.4) is 0 Å². The van der Waals surface area contributed by atoms with E-state index in [1.54, 1.807) is 12.1 Å². The van der Waals surface area contributed by atoms with E-state index in [1.165, 1.54) is 6.07 Å². The number of rotatable bonds is 1. The fraction of sp³-hybridized carbons (Fsp3) is 0.526. The van der Waals surface area contributed by atoms with Crippen molar-refractivity contribution in [2.24, 2.45) is 16.3 Å². The van der Waals surface area contributed by atoms with Crippen molar-refractivity contribution in [1.82, 2.24) is 4.90 Å². The highest BCUT2D eigenvalue weighted by molar-refractivity contribution is 9.10. The minimum atomic E-state index is -1.66. The molecular formula is C19H22BrFN2O5S. The molecule has 3 rings (SSSR count). The Morgan fingerprint density at radius 1 is 1.34 bits per heavy atom. The van der Waals surface area contributed by atoms with Gasteiger partial charge in [-0.25, -0.2) is 19.0 Å². The number of fused-ring (bicyclic) bond motifs is 1. The smallest absolute Gasteiger partial charge is 0.423 e. The van der Waals surface area contributed by atoms with Crippen LogP contribution in [0.5, 0.6) is 0 Å². The Hall–Kier alpha value is -1.65. The summed E-state index contributed by atoms with van der Waals surface area (Å²) in [5, 5.41) is 18.5. The number of amidine groups is 1. The topological polar surface area (TPSA) is 99.4 Å². The van der Waals surface area contributed by atoms with Crippen LogP contribution in [0, 0.1) is 17.2 Å². The Bertz CT molecular complexity index is 876. The molecule has 2 amide bonds. The second-order valence-corrected chi connectivity index (χ2v) is 10.3. The quantitative estimate of drug-likeness (QED) is 0.577. The predicted molar refractivity (Wildman–Crippen MR) is 111 cm³/mol. The van der Waals surface area contributed by atoms with Crippen LogP contribution in [0.2, 0.25) is 0 Å². The van der Waals surface area contributed by atoms with Crippen LogP contribution in [0.4, 0.5) is 14.0 Å². The van der Waals surface area contributed by atoms with E-state index in [4.69, 9.17) is 4.74 Å². The van der Waals surface area contributed by atoms with Crippen LogP contribution in [-0.4, -0.2) is 50.4 Å². The van der Waals surface area contributed by atoms with Crippen LogP contribution >= 0.6 is 27.7 Å². The number of imide groups is 1. The molecule has 10 heteroatoms. The van der Waals surface area contributed by atoms with Gasteiger partial charge in [0.2, 0.25) is 0 Å². The van der Waals surface area contributed by atoms with E-state index < -0.39 is 23.5 Å². The number of ether oxygens (including phenoxy) is 1. The van der Waals surface area contributed by atoms with Gasteiger partial charge in [0.05, 0.1) is 12.7 Å². The molecule has 1 unspecified atom stereocenters. The molecule has 0 bridgehead atoms. The number of benzene rings is 1. The molecule has 4 atom stereocenters. The van der Waals surface area contributed by atoms with Gasteiger partial charge in [-0.3, -0.25) is 0 Å². The molecule has 1 saturated heterocycles. The van der Waals surface area contributed by atoms with E-state index in [-0.39, 0.29) is 44.9 Å². The molecule has 7 nitrogen and oxygen atoms in total. The Kier molecular flexibility index (Phi) is 5.74. The van der Waals surface area contributed by atoms with Gasteiger partial charge < -0.3 is 14.9 Å². The number of thioether (sulfide) groups is 1. The van der Waals surface area contributed by atoms with E-state index in [1.807, 2.05) is 27.7 Å². The van der Waals surface area contributed by atoms with Crippen molar-refractivity contribution < 1.29 is 28.9 Å². The Morgan fingerprint density at radius 3 is 2.52 bits per heavy atom. The van der Waals surface area contributed by atoms with Gasteiger partial charge >= 0.3 is 12.2 Å². The summed E-state index contributed by atoms with van der Waals surface area (Å²) in [5.74, 6) is -0.791. The number of amides is 2. The predicted octanol–water partition coefficient (Wildman–Crippen LogP) is 4.99. The first-order valence-electron chi connectivity index (χ1n) is 8.98. The molecule has 0 spiro atoms. The van der Waals surface area contributed by atoms with E-state index in [0.29, 0.717) is 4.47 Å². The molecule has 1 aromatic rings. The first kappa shape index (κ1) is 22.0. The van der Waals surface area contributed by atoms with Gasteiger partial charge in [0, 0.05) is 21.2 Å². The maximum Gasteiger partial charge on any atom is 0.423 e. The average Bonchev–Trinajstić information content (AvgIpc) is 2.93. The fourth-order valence-electron chi connectivity index (χ4n) is 4.04. The number of carbonyl (C=O) groups is 2. The summed E-state index contributed by atoms with van der Waals surface area (Å²) in [7, 11) is 0. The third kappa shape index (κ3) is 3.77. The molecule has 0 saturated carbocycles. The van der Waals surface area contributed by atoms with Crippen LogP contribution in [0.15, 0.2) is 27.7 Å². The molecule has 2 aliphatic heterocycles. The van der Waals surface area contributed by atoms with Crippen molar-refractivity contribution in [3.05, 3.63) is 34.1 Å². The van der Waals surface area contributed by atoms with Gasteiger partial charge in [-0.05, 0) is 30.5 Å². The lowest BCUT2D eigenvalue weighted by Crippen LogP contribution is -2.53. The van der Waals surface area contributed by atoms with Gasteiger partial charge in [0.1, 0.15) is 11.4 Å². The van der Waals surface area contributed by atoms with Crippen molar-refractivity contribution in [3.8, 4) is 0 Å². The Balaban J connectivity index is 2.31. The van der Waals surface area contributed by atoms with Crippen LogP contribution in [0.25, 0.3) is 0 Å². The molecule has 0 aromatic heterocycles. The molecule has 158 valence electrons. The maximum atomic E-state index is 15.0. The lowest BCUT2D eigenvalue weighted by atomic mass is 9.70. The fourth-order valence-corrected chi connectivity index (χ4v) is 6.06. The molecule has 2 aliphatic rings. The Morgan fingerprint density at radius 2 is 1.97 bits per heavy atom. The van der Waals surface area contributed by atoms with Crippen molar-refractivity contribution >= 4 is 45.0 Å². The molecular weight excluding hydrogens is 467 g/mol. The van der Waals surface area contributed by atoms with Gasteiger partial charge in [-0.1, -0.05) is 48.5 Å². The van der Waals surface area contributed by atoms with Crippen molar-refractivity contribution in [3.63, 3.8) is 0 Å². The molecule has 1 aromatic carbocycles. The number of hydrogen-bond acceptors (Lipinski definition) is 5. The van der Waals surface area contributed by atoms with E-state index in [2.05, 4.69) is 20.9 Å². The normalized spacial score (nSPS) is 29.2. The summed E-state index contributed by atoms with van der Waals surface area (Å²) in [6.45, 7) is 7.84. The SMILES string of the molecule is C[C@H]1OC[C@]2(c3cc(Br)ccc3F)N=C(N(C(=O)O)C(=O)O)SC(C(C)(C)C)[C@H]12. The van der Waals surface area contributed by atoms with E-state index in [0.717, 1.165) is 11.8 Å². The minimum absolute atomic E-state index is 0.0237. The van der Waals surface area contributed by atoms with E-state index >= 15 is 0 Å². The van der Waals surface area contributed by atoms with E-state index in [9.17, 15) is 24.2 Å². The van der Waals surface area contributed by atoms with Gasteiger partial charge in [-0.15, -0.1) is 0 Å². The lowest BCUT2D eigenvalue weighted by Gasteiger charge is -2.46. The summed E-state index contributed by atoms with van der Waals surface area (Å²) in [6.07, 6.45) is -3.60. The Labute approximate surface area is 180 Å². The van der Waals surface area contributed by atoms with Gasteiger partial charge in [0.15, 0.2) is 5.17 Å². The highest BCUT2D eigenvalue weighted by Gasteiger charge is 2.60. The monoisotopic (exact) mass is 488 g/mol. The van der Waals surface area contributed by atoms with Crippen LogP contribution in [0.1, 0.15) is 33.3 Å². The standard InChI is InChI=1S/C19H22BrFN2O5S/c1-9-13-14(18(2,3)4)29-15(23(16(24)25)17(26)27)22-19(13,8-28-9)11-7-10(20)5-6-12(11)21/h5-7,9,13-14H,8H2,1-4H3,(H,24,25)(H,26,27)/t9-,13+,14?,19-/m1/s1. The zero-order valence-electron chi connectivity index (χ0n) is 16.3. The lowest BCUT2D eigenvalue weighted by molar-refractivity contribution is 0.0966. The number of aliphatic imine (C=N–C) groups is 1.